The van der Waals surface area contributed by atoms with Gasteiger partial charge in [-0.05, 0) is 30.3 Å². The van der Waals surface area contributed by atoms with E-state index in [9.17, 15) is 13.6 Å². The predicted molar refractivity (Wildman–Crippen MR) is 96.3 cm³/mol. The van der Waals surface area contributed by atoms with E-state index in [4.69, 9.17) is 0 Å². The third-order valence-corrected chi connectivity index (χ3v) is 4.18. The molecule has 5 nitrogen and oxygen atoms in total. The van der Waals surface area contributed by atoms with Gasteiger partial charge in [0.05, 0.1) is 5.71 Å². The summed E-state index contributed by atoms with van der Waals surface area (Å²) >= 11 is 1.30. The van der Waals surface area contributed by atoms with E-state index in [0.29, 0.717) is 27.9 Å². The fourth-order valence-corrected chi connectivity index (χ4v) is 2.96. The molecule has 0 aromatic heterocycles. The smallest absolute Gasteiger partial charge is 0.221 e. The number of amides is 1. The first-order valence-corrected chi connectivity index (χ1v) is 8.37. The first kappa shape index (κ1) is 17.1. The Balaban J connectivity index is 1.77. The molecule has 1 aliphatic rings. The maximum absolute atomic E-state index is 14.2. The molecule has 1 aliphatic heterocycles. The maximum Gasteiger partial charge on any atom is 0.221 e. The van der Waals surface area contributed by atoms with Crippen LogP contribution in [0.1, 0.15) is 12.5 Å². The van der Waals surface area contributed by atoms with Gasteiger partial charge in [0.1, 0.15) is 17.3 Å². The van der Waals surface area contributed by atoms with Crippen LogP contribution in [0, 0.1) is 11.6 Å². The van der Waals surface area contributed by atoms with Gasteiger partial charge >= 0.3 is 0 Å². The van der Waals surface area contributed by atoms with Gasteiger partial charge in [0.25, 0.3) is 0 Å². The van der Waals surface area contributed by atoms with E-state index >= 15 is 0 Å². The predicted octanol–water partition coefficient (Wildman–Crippen LogP) is 3.65. The quantitative estimate of drug-likeness (QED) is 0.878. The Morgan fingerprint density at radius 3 is 2.68 bits per heavy atom. The zero-order valence-corrected chi connectivity index (χ0v) is 14.0. The van der Waals surface area contributed by atoms with Crippen molar-refractivity contribution in [3.8, 4) is 0 Å². The number of carbonyl (C=O) groups is 1. The number of carbonyl (C=O) groups excluding carboxylic acids is 1. The first-order chi connectivity index (χ1) is 12.0. The Labute approximate surface area is 147 Å². The maximum atomic E-state index is 14.2. The van der Waals surface area contributed by atoms with Crippen molar-refractivity contribution in [2.75, 3.05) is 11.1 Å². The summed E-state index contributed by atoms with van der Waals surface area (Å²) in [6, 6.07) is 10.6. The lowest BCUT2D eigenvalue weighted by Gasteiger charge is -2.16. The molecule has 0 radical (unpaired) electrons. The second-order valence-electron chi connectivity index (χ2n) is 5.20. The minimum absolute atomic E-state index is 0.210. The highest BCUT2D eigenvalue weighted by Gasteiger charge is 2.17. The number of hydrogen-bond acceptors (Lipinski definition) is 4. The van der Waals surface area contributed by atoms with Gasteiger partial charge in [0.2, 0.25) is 5.91 Å². The van der Waals surface area contributed by atoms with Crippen LogP contribution in [-0.4, -0.2) is 22.5 Å². The minimum Gasteiger partial charge on any atom is -0.326 e. The molecule has 0 atom stereocenters. The number of anilines is 1. The van der Waals surface area contributed by atoms with Gasteiger partial charge in [-0.2, -0.15) is 5.10 Å². The SMILES string of the molecule is CC(=O)Nc1ccc(C2=NNC(=Nc3ccccc3F)SC2)c(F)c1. The van der Waals surface area contributed by atoms with Crippen molar-refractivity contribution in [3.05, 3.63) is 59.7 Å². The molecular weight excluding hydrogens is 346 g/mol. The first-order valence-electron chi connectivity index (χ1n) is 7.39. The van der Waals surface area contributed by atoms with Gasteiger partial charge < -0.3 is 5.32 Å². The molecule has 0 unspecified atom stereocenters. The monoisotopic (exact) mass is 360 g/mol. The molecule has 2 N–H and O–H groups in total. The Morgan fingerprint density at radius 1 is 1.24 bits per heavy atom. The number of nitrogens with one attached hydrogen (secondary N) is 2. The molecule has 0 spiro atoms. The second-order valence-corrected chi connectivity index (χ2v) is 6.17. The molecule has 3 rings (SSSR count). The molecule has 0 saturated carbocycles. The number of aliphatic imine (C=N–C) groups is 1. The third kappa shape index (κ3) is 4.21. The van der Waals surface area contributed by atoms with Crippen LogP contribution in [0.4, 0.5) is 20.2 Å². The summed E-state index contributed by atoms with van der Waals surface area (Å²) in [5, 5.41) is 7.08. The van der Waals surface area contributed by atoms with Gasteiger partial charge in [0.15, 0.2) is 5.17 Å². The molecule has 128 valence electrons. The molecule has 0 fully saturated rings. The number of benzene rings is 2. The van der Waals surface area contributed by atoms with E-state index in [0.717, 1.165) is 0 Å². The number of amidine groups is 1. The molecule has 1 amide bonds. The number of rotatable bonds is 3. The van der Waals surface area contributed by atoms with E-state index in [1.165, 1.54) is 30.8 Å². The summed E-state index contributed by atoms with van der Waals surface area (Å²) in [5.74, 6) is -0.793. The summed E-state index contributed by atoms with van der Waals surface area (Å²) in [7, 11) is 0. The lowest BCUT2D eigenvalue weighted by Crippen LogP contribution is -2.25. The molecule has 8 heteroatoms. The van der Waals surface area contributed by atoms with Crippen LogP contribution in [0.5, 0.6) is 0 Å². The van der Waals surface area contributed by atoms with Crippen molar-refractivity contribution >= 4 is 39.9 Å². The lowest BCUT2D eigenvalue weighted by molar-refractivity contribution is -0.114. The summed E-state index contributed by atoms with van der Waals surface area (Å²) in [6.45, 7) is 1.36. The van der Waals surface area contributed by atoms with Crippen LogP contribution in [0.15, 0.2) is 52.6 Å². The van der Waals surface area contributed by atoms with Crippen LogP contribution in [0.2, 0.25) is 0 Å². The fourth-order valence-electron chi connectivity index (χ4n) is 2.19. The molecule has 25 heavy (non-hydrogen) atoms. The largest absolute Gasteiger partial charge is 0.326 e. The lowest BCUT2D eigenvalue weighted by atomic mass is 10.1. The third-order valence-electron chi connectivity index (χ3n) is 3.31. The van der Waals surface area contributed by atoms with Gasteiger partial charge in [-0.3, -0.25) is 10.2 Å². The normalized spacial score (nSPS) is 15.5. The van der Waals surface area contributed by atoms with E-state index in [2.05, 4.69) is 20.8 Å². The highest BCUT2D eigenvalue weighted by atomic mass is 32.2. The topological polar surface area (TPSA) is 65.8 Å². The Hall–Kier alpha value is -2.74. The highest BCUT2D eigenvalue weighted by molar-refractivity contribution is 8.14. The van der Waals surface area contributed by atoms with Crippen molar-refractivity contribution in [3.63, 3.8) is 0 Å². The van der Waals surface area contributed by atoms with Crippen LogP contribution in [-0.2, 0) is 4.79 Å². The van der Waals surface area contributed by atoms with Gasteiger partial charge in [0, 0.05) is 23.9 Å². The molecular formula is C17H14F2N4OS. The number of hydrogen-bond donors (Lipinski definition) is 2. The van der Waals surface area contributed by atoms with Crippen LogP contribution in [0.25, 0.3) is 0 Å². The standard InChI is InChI=1S/C17H14F2N4OS/c1-10(24)20-11-6-7-12(14(19)8-11)16-9-25-17(23-22-16)21-15-5-3-2-4-13(15)18/h2-8H,9H2,1H3,(H,20,24)(H,21,23). The summed E-state index contributed by atoms with van der Waals surface area (Å²) in [4.78, 5) is 15.2. The fraction of sp³-hybridized carbons (Fsp3) is 0.118. The molecule has 0 bridgehead atoms. The van der Waals surface area contributed by atoms with Gasteiger partial charge in [-0.25, -0.2) is 13.8 Å². The molecule has 2 aromatic rings. The zero-order chi connectivity index (χ0) is 17.8. The average Bonchev–Trinajstić information content (AvgIpc) is 2.57. The van der Waals surface area contributed by atoms with Crippen molar-refractivity contribution < 1.29 is 13.6 Å². The van der Waals surface area contributed by atoms with Crippen LogP contribution >= 0.6 is 11.8 Å². The van der Waals surface area contributed by atoms with Gasteiger partial charge in [-0.1, -0.05) is 23.9 Å². The second kappa shape index (κ2) is 7.43. The Bertz CT molecular complexity index is 883. The molecule has 0 aliphatic carbocycles. The minimum atomic E-state index is -0.484. The van der Waals surface area contributed by atoms with Crippen LogP contribution in [0.3, 0.4) is 0 Å². The number of halogens is 2. The Morgan fingerprint density at radius 2 is 2.04 bits per heavy atom. The summed E-state index contributed by atoms with van der Waals surface area (Å²) in [6.07, 6.45) is 0. The van der Waals surface area contributed by atoms with Crippen molar-refractivity contribution in [1.29, 1.82) is 0 Å². The van der Waals surface area contributed by atoms with E-state index in [-0.39, 0.29) is 11.6 Å². The average molecular weight is 360 g/mol. The summed E-state index contributed by atoms with van der Waals surface area (Å²) < 4.78 is 27.8. The molecule has 2 aromatic carbocycles. The molecule has 1 heterocycles. The number of para-hydroxylation sites is 1. The number of thioether (sulfide) groups is 1. The van der Waals surface area contributed by atoms with E-state index < -0.39 is 11.6 Å². The van der Waals surface area contributed by atoms with Crippen molar-refractivity contribution in [1.82, 2.24) is 5.43 Å². The Kier molecular flexibility index (Phi) is 5.08. The van der Waals surface area contributed by atoms with Gasteiger partial charge in [-0.15, -0.1) is 0 Å². The number of hydrazone groups is 1. The van der Waals surface area contributed by atoms with E-state index in [1.807, 2.05) is 0 Å². The zero-order valence-electron chi connectivity index (χ0n) is 13.2. The van der Waals surface area contributed by atoms with Crippen molar-refractivity contribution in [2.24, 2.45) is 10.1 Å². The number of nitrogens with zero attached hydrogens (tertiary/aromatic N) is 2. The van der Waals surface area contributed by atoms with Crippen molar-refractivity contribution in [2.45, 2.75) is 6.92 Å². The van der Waals surface area contributed by atoms with E-state index in [1.54, 1.807) is 30.3 Å². The highest BCUT2D eigenvalue weighted by Crippen LogP contribution is 2.22. The molecule has 0 saturated heterocycles. The summed E-state index contributed by atoms with van der Waals surface area (Å²) in [5.41, 5.74) is 4.14. The van der Waals surface area contributed by atoms with Crippen LogP contribution < -0.4 is 10.7 Å².